The standard InChI is InChI=1S/C15H25N3O/c1-4-6-7-11-18(3)15(19)14-12-13(8-10-17-14)16-9-5-2/h8,10,12H,4-7,9,11H2,1-3H3,(H,16,17). The van der Waals surface area contributed by atoms with Crippen LogP contribution in [0.2, 0.25) is 0 Å². The van der Waals surface area contributed by atoms with E-state index < -0.39 is 0 Å². The Morgan fingerprint density at radius 2 is 2.11 bits per heavy atom. The first-order valence-corrected chi connectivity index (χ1v) is 7.14. The number of hydrogen-bond donors (Lipinski definition) is 1. The number of nitrogens with zero attached hydrogens (tertiary/aromatic N) is 2. The summed E-state index contributed by atoms with van der Waals surface area (Å²) in [5, 5.41) is 3.27. The fourth-order valence-electron chi connectivity index (χ4n) is 1.82. The van der Waals surface area contributed by atoms with Gasteiger partial charge in [0.25, 0.3) is 5.91 Å². The summed E-state index contributed by atoms with van der Waals surface area (Å²) >= 11 is 0. The van der Waals surface area contributed by atoms with Gasteiger partial charge in [0, 0.05) is 32.0 Å². The number of nitrogens with one attached hydrogen (secondary N) is 1. The summed E-state index contributed by atoms with van der Waals surface area (Å²) in [4.78, 5) is 18.1. The predicted octanol–water partition coefficient (Wildman–Crippen LogP) is 3.17. The third kappa shape index (κ3) is 5.28. The van der Waals surface area contributed by atoms with Crippen LogP contribution >= 0.6 is 0 Å². The summed E-state index contributed by atoms with van der Waals surface area (Å²) in [6.45, 7) is 5.97. The van der Waals surface area contributed by atoms with Gasteiger partial charge in [0.15, 0.2) is 0 Å². The van der Waals surface area contributed by atoms with Crippen LogP contribution in [-0.4, -0.2) is 35.9 Å². The Hall–Kier alpha value is -1.58. The zero-order valence-corrected chi connectivity index (χ0v) is 12.3. The van der Waals surface area contributed by atoms with Crippen molar-refractivity contribution in [1.29, 1.82) is 0 Å². The number of hydrogen-bond acceptors (Lipinski definition) is 3. The van der Waals surface area contributed by atoms with E-state index in [-0.39, 0.29) is 5.91 Å². The minimum absolute atomic E-state index is 0.00347. The minimum Gasteiger partial charge on any atom is -0.385 e. The fraction of sp³-hybridized carbons (Fsp3) is 0.600. The van der Waals surface area contributed by atoms with Crippen molar-refractivity contribution >= 4 is 11.6 Å². The molecule has 0 aliphatic heterocycles. The molecule has 0 bridgehead atoms. The number of aromatic nitrogens is 1. The molecule has 0 atom stereocenters. The topological polar surface area (TPSA) is 45.2 Å². The van der Waals surface area contributed by atoms with Gasteiger partial charge in [0.1, 0.15) is 5.69 Å². The van der Waals surface area contributed by atoms with Gasteiger partial charge in [-0.25, -0.2) is 0 Å². The number of anilines is 1. The van der Waals surface area contributed by atoms with Crippen molar-refractivity contribution in [2.24, 2.45) is 0 Å². The highest BCUT2D eigenvalue weighted by atomic mass is 16.2. The number of unbranched alkanes of at least 4 members (excludes halogenated alkanes) is 2. The van der Waals surface area contributed by atoms with Crippen LogP contribution in [0, 0.1) is 0 Å². The first-order chi connectivity index (χ1) is 9.19. The van der Waals surface area contributed by atoms with E-state index >= 15 is 0 Å². The van der Waals surface area contributed by atoms with Gasteiger partial charge in [-0.05, 0) is 25.0 Å². The van der Waals surface area contributed by atoms with Crippen LogP contribution < -0.4 is 5.32 Å². The first-order valence-electron chi connectivity index (χ1n) is 7.14. The van der Waals surface area contributed by atoms with Crippen LogP contribution in [0.25, 0.3) is 0 Å². The zero-order chi connectivity index (χ0) is 14.1. The van der Waals surface area contributed by atoms with Crippen molar-refractivity contribution < 1.29 is 4.79 Å². The Labute approximate surface area is 116 Å². The van der Waals surface area contributed by atoms with Crippen molar-refractivity contribution in [3.8, 4) is 0 Å². The average molecular weight is 263 g/mol. The molecule has 0 aliphatic carbocycles. The number of carbonyl (C=O) groups is 1. The molecule has 0 radical (unpaired) electrons. The summed E-state index contributed by atoms with van der Waals surface area (Å²) in [6.07, 6.45) is 6.11. The van der Waals surface area contributed by atoms with E-state index in [1.807, 2.05) is 19.2 Å². The second-order valence-electron chi connectivity index (χ2n) is 4.79. The van der Waals surface area contributed by atoms with Crippen LogP contribution in [0.3, 0.4) is 0 Å². The molecule has 4 heteroatoms. The molecular formula is C15H25N3O. The molecule has 1 heterocycles. The maximum Gasteiger partial charge on any atom is 0.272 e. The molecule has 1 N–H and O–H groups in total. The van der Waals surface area contributed by atoms with E-state index in [2.05, 4.69) is 24.1 Å². The summed E-state index contributed by atoms with van der Waals surface area (Å²) in [5.41, 5.74) is 1.47. The molecule has 0 aliphatic rings. The zero-order valence-electron chi connectivity index (χ0n) is 12.3. The van der Waals surface area contributed by atoms with Crippen LogP contribution in [0.15, 0.2) is 18.3 Å². The molecule has 1 aromatic rings. The largest absolute Gasteiger partial charge is 0.385 e. The smallest absolute Gasteiger partial charge is 0.272 e. The van der Waals surface area contributed by atoms with Crippen LogP contribution in [0.5, 0.6) is 0 Å². The molecule has 4 nitrogen and oxygen atoms in total. The van der Waals surface area contributed by atoms with Gasteiger partial charge in [-0.1, -0.05) is 26.7 Å². The lowest BCUT2D eigenvalue weighted by molar-refractivity contribution is 0.0787. The molecule has 0 spiro atoms. The maximum atomic E-state index is 12.2. The molecule has 0 unspecified atom stereocenters. The number of pyridine rings is 1. The lowest BCUT2D eigenvalue weighted by Gasteiger charge is -2.16. The fourth-order valence-corrected chi connectivity index (χ4v) is 1.82. The van der Waals surface area contributed by atoms with Gasteiger partial charge in [-0.2, -0.15) is 0 Å². The number of amides is 1. The molecule has 19 heavy (non-hydrogen) atoms. The maximum absolute atomic E-state index is 12.2. The third-order valence-electron chi connectivity index (χ3n) is 3.00. The van der Waals surface area contributed by atoms with Gasteiger partial charge in [-0.15, -0.1) is 0 Å². The molecule has 1 aromatic heterocycles. The third-order valence-corrected chi connectivity index (χ3v) is 3.00. The Kier molecular flexibility index (Phi) is 6.93. The van der Waals surface area contributed by atoms with E-state index in [1.165, 1.54) is 0 Å². The minimum atomic E-state index is -0.00347. The van der Waals surface area contributed by atoms with E-state index in [0.29, 0.717) is 5.69 Å². The van der Waals surface area contributed by atoms with Gasteiger partial charge >= 0.3 is 0 Å². The van der Waals surface area contributed by atoms with Crippen molar-refractivity contribution in [3.05, 3.63) is 24.0 Å². The Morgan fingerprint density at radius 3 is 2.79 bits per heavy atom. The summed E-state index contributed by atoms with van der Waals surface area (Å²) in [7, 11) is 1.84. The summed E-state index contributed by atoms with van der Waals surface area (Å²) in [5.74, 6) is -0.00347. The quantitative estimate of drug-likeness (QED) is 0.733. The van der Waals surface area contributed by atoms with Gasteiger partial charge < -0.3 is 10.2 Å². The number of carbonyl (C=O) groups excluding carboxylic acids is 1. The van der Waals surface area contributed by atoms with Crippen LogP contribution in [0.1, 0.15) is 50.0 Å². The van der Waals surface area contributed by atoms with Gasteiger partial charge in [0.05, 0.1) is 0 Å². The van der Waals surface area contributed by atoms with Crippen molar-refractivity contribution in [2.75, 3.05) is 25.5 Å². The molecule has 0 fully saturated rings. The molecule has 106 valence electrons. The van der Waals surface area contributed by atoms with E-state index in [4.69, 9.17) is 0 Å². The second-order valence-corrected chi connectivity index (χ2v) is 4.79. The molecule has 0 saturated heterocycles. The number of rotatable bonds is 8. The monoisotopic (exact) mass is 263 g/mol. The van der Waals surface area contributed by atoms with Crippen LogP contribution in [0.4, 0.5) is 5.69 Å². The van der Waals surface area contributed by atoms with E-state index in [1.54, 1.807) is 11.1 Å². The van der Waals surface area contributed by atoms with E-state index in [0.717, 1.165) is 44.5 Å². The molecule has 0 saturated carbocycles. The lowest BCUT2D eigenvalue weighted by Crippen LogP contribution is -2.28. The van der Waals surface area contributed by atoms with Crippen molar-refractivity contribution in [1.82, 2.24) is 9.88 Å². The lowest BCUT2D eigenvalue weighted by atomic mass is 10.2. The van der Waals surface area contributed by atoms with Crippen LogP contribution in [-0.2, 0) is 0 Å². The normalized spacial score (nSPS) is 10.3. The SMILES string of the molecule is CCCCCN(C)C(=O)c1cc(NCCC)ccn1. The Morgan fingerprint density at radius 1 is 1.32 bits per heavy atom. The highest BCUT2D eigenvalue weighted by Gasteiger charge is 2.12. The second kappa shape index (κ2) is 8.51. The predicted molar refractivity (Wildman–Crippen MR) is 79.5 cm³/mol. The highest BCUT2D eigenvalue weighted by molar-refractivity contribution is 5.92. The van der Waals surface area contributed by atoms with Crippen molar-refractivity contribution in [2.45, 2.75) is 39.5 Å². The van der Waals surface area contributed by atoms with Gasteiger partial charge in [-0.3, -0.25) is 9.78 Å². The average Bonchev–Trinajstić information content (AvgIpc) is 2.44. The first kappa shape index (κ1) is 15.5. The summed E-state index contributed by atoms with van der Waals surface area (Å²) in [6, 6.07) is 3.72. The highest BCUT2D eigenvalue weighted by Crippen LogP contribution is 2.10. The molecular weight excluding hydrogens is 238 g/mol. The van der Waals surface area contributed by atoms with E-state index in [9.17, 15) is 4.79 Å². The molecule has 1 rings (SSSR count). The molecule has 1 amide bonds. The summed E-state index contributed by atoms with van der Waals surface area (Å²) < 4.78 is 0. The Bertz CT molecular complexity index is 393. The van der Waals surface area contributed by atoms with Gasteiger partial charge in [0.2, 0.25) is 0 Å². The Balaban J connectivity index is 2.60. The molecule has 0 aromatic carbocycles. The van der Waals surface area contributed by atoms with Crippen molar-refractivity contribution in [3.63, 3.8) is 0 Å².